The predicted octanol–water partition coefficient (Wildman–Crippen LogP) is 6.90. The van der Waals surface area contributed by atoms with Gasteiger partial charge >= 0.3 is 5.97 Å². The zero-order valence-electron chi connectivity index (χ0n) is 17.6. The Bertz CT molecular complexity index is 990. The number of aromatic nitrogens is 1. The van der Waals surface area contributed by atoms with E-state index in [9.17, 15) is 4.79 Å². The Morgan fingerprint density at radius 1 is 1.28 bits per heavy atom. The number of nitrogens with zero attached hydrogens (tertiary/aromatic N) is 1. The fraction of sp³-hybridized carbons (Fsp3) is 0.478. The summed E-state index contributed by atoms with van der Waals surface area (Å²) in [6, 6.07) is 6.44. The minimum absolute atomic E-state index is 0.0563. The van der Waals surface area contributed by atoms with Gasteiger partial charge in [-0.2, -0.15) is 0 Å². The summed E-state index contributed by atoms with van der Waals surface area (Å²) in [6.07, 6.45) is 4.56. The smallest absolute Gasteiger partial charge is 0.308 e. The molecule has 4 nitrogen and oxygen atoms in total. The van der Waals surface area contributed by atoms with Gasteiger partial charge in [0.15, 0.2) is 0 Å². The number of hydrogen-bond acceptors (Lipinski definition) is 5. The van der Waals surface area contributed by atoms with Crippen LogP contribution in [0.5, 0.6) is 0 Å². The van der Waals surface area contributed by atoms with Gasteiger partial charge in [-0.15, -0.1) is 11.3 Å². The highest BCUT2D eigenvalue weighted by molar-refractivity contribution is 8.01. The lowest BCUT2D eigenvalue weighted by Crippen LogP contribution is -2.01. The van der Waals surface area contributed by atoms with Crippen LogP contribution in [0.1, 0.15) is 66.0 Å². The van der Waals surface area contributed by atoms with Crippen molar-refractivity contribution in [1.82, 2.24) is 4.98 Å². The first-order valence-electron chi connectivity index (χ1n) is 10.2. The monoisotopic (exact) mass is 431 g/mol. The molecule has 0 fully saturated rings. The molecule has 1 unspecified atom stereocenters. The summed E-state index contributed by atoms with van der Waals surface area (Å²) in [5, 5.41) is 10.2. The maximum atomic E-state index is 11.0. The lowest BCUT2D eigenvalue weighted by atomic mass is 9.93. The van der Waals surface area contributed by atoms with Gasteiger partial charge < -0.3 is 9.52 Å². The molecule has 1 N–H and O–H groups in total. The molecule has 0 saturated heterocycles. The second-order valence-electron chi connectivity index (χ2n) is 7.63. The zero-order valence-corrected chi connectivity index (χ0v) is 19.2. The number of carboxylic acid groups (broad SMARTS) is 1. The minimum atomic E-state index is -0.802. The van der Waals surface area contributed by atoms with Gasteiger partial charge in [-0.1, -0.05) is 43.7 Å². The van der Waals surface area contributed by atoms with Crippen LogP contribution < -0.4 is 0 Å². The average molecular weight is 432 g/mol. The van der Waals surface area contributed by atoms with Crippen molar-refractivity contribution in [3.63, 3.8) is 0 Å². The van der Waals surface area contributed by atoms with Crippen molar-refractivity contribution in [2.24, 2.45) is 0 Å². The largest absolute Gasteiger partial charge is 0.481 e. The van der Waals surface area contributed by atoms with Crippen LogP contribution in [0.4, 0.5) is 0 Å². The van der Waals surface area contributed by atoms with E-state index in [1.807, 2.05) is 6.92 Å². The molecular weight excluding hydrogens is 402 g/mol. The molecule has 6 heteroatoms. The lowest BCUT2D eigenvalue weighted by Gasteiger charge is -2.15. The summed E-state index contributed by atoms with van der Waals surface area (Å²) >= 11 is 3.24. The first-order valence-corrected chi connectivity index (χ1v) is 12.0. The van der Waals surface area contributed by atoms with Crippen molar-refractivity contribution in [1.29, 1.82) is 0 Å². The Labute approximate surface area is 180 Å². The molecule has 0 radical (unpaired) electrons. The zero-order chi connectivity index (χ0) is 21.0. The number of carbonyl (C=O) groups is 1. The van der Waals surface area contributed by atoms with E-state index in [1.165, 1.54) is 40.7 Å². The Morgan fingerprint density at radius 3 is 2.79 bits per heavy atom. The minimum Gasteiger partial charge on any atom is -0.481 e. The molecule has 0 amide bonds. The number of rotatable bonds is 10. The third kappa shape index (κ3) is 5.43. The third-order valence-electron chi connectivity index (χ3n) is 5.28. The van der Waals surface area contributed by atoms with Gasteiger partial charge in [0, 0.05) is 21.9 Å². The summed E-state index contributed by atoms with van der Waals surface area (Å²) in [4.78, 5) is 16.4. The maximum absolute atomic E-state index is 11.0. The quantitative estimate of drug-likeness (QED) is 0.354. The highest BCUT2D eigenvalue weighted by atomic mass is 32.2. The highest BCUT2D eigenvalue weighted by Crippen LogP contribution is 2.37. The van der Waals surface area contributed by atoms with E-state index >= 15 is 0 Å². The van der Waals surface area contributed by atoms with Crippen LogP contribution in [0.2, 0.25) is 0 Å². The fourth-order valence-electron chi connectivity index (χ4n) is 3.65. The Balaban J connectivity index is 1.72. The lowest BCUT2D eigenvalue weighted by molar-refractivity contribution is -0.136. The van der Waals surface area contributed by atoms with Gasteiger partial charge in [0.2, 0.25) is 0 Å². The van der Waals surface area contributed by atoms with E-state index < -0.39 is 5.97 Å². The Morgan fingerprint density at radius 2 is 2.07 bits per heavy atom. The normalized spacial score (nSPS) is 12.6. The van der Waals surface area contributed by atoms with Crippen molar-refractivity contribution in [2.75, 3.05) is 5.75 Å². The van der Waals surface area contributed by atoms with Gasteiger partial charge in [-0.25, -0.2) is 4.98 Å². The number of unbranched alkanes of at least 4 members (excludes halogenated alkanes) is 1. The van der Waals surface area contributed by atoms with Crippen molar-refractivity contribution >= 4 is 40.0 Å². The number of carboxylic acids is 1. The number of fused-ring (bicyclic) bond motifs is 1. The molecule has 0 bridgehead atoms. The molecule has 2 heterocycles. The molecule has 2 aromatic heterocycles. The number of thioether (sulfide) groups is 1. The van der Waals surface area contributed by atoms with Crippen LogP contribution in [-0.4, -0.2) is 21.8 Å². The van der Waals surface area contributed by atoms with Crippen molar-refractivity contribution < 1.29 is 14.3 Å². The molecular formula is C23H29NO3S2. The molecule has 0 aliphatic heterocycles. The van der Waals surface area contributed by atoms with E-state index in [-0.39, 0.29) is 6.42 Å². The van der Waals surface area contributed by atoms with E-state index in [0.717, 1.165) is 44.8 Å². The van der Waals surface area contributed by atoms with E-state index in [0.29, 0.717) is 5.92 Å². The van der Waals surface area contributed by atoms with Gasteiger partial charge in [0.1, 0.15) is 15.7 Å². The number of furan rings is 1. The van der Waals surface area contributed by atoms with Crippen LogP contribution in [0, 0.1) is 20.8 Å². The summed E-state index contributed by atoms with van der Waals surface area (Å²) < 4.78 is 7.28. The summed E-state index contributed by atoms with van der Waals surface area (Å²) in [5.41, 5.74) is 4.31. The Kier molecular flexibility index (Phi) is 7.41. The van der Waals surface area contributed by atoms with Crippen LogP contribution in [-0.2, 0) is 11.2 Å². The molecule has 0 aliphatic carbocycles. The second-order valence-corrected chi connectivity index (χ2v) is 10.1. The predicted molar refractivity (Wildman–Crippen MR) is 121 cm³/mol. The first-order chi connectivity index (χ1) is 13.9. The molecule has 0 saturated carbocycles. The van der Waals surface area contributed by atoms with Crippen LogP contribution in [0.15, 0.2) is 27.0 Å². The second kappa shape index (κ2) is 9.81. The van der Waals surface area contributed by atoms with E-state index in [2.05, 4.69) is 44.0 Å². The van der Waals surface area contributed by atoms with Crippen molar-refractivity contribution in [3.05, 3.63) is 45.7 Å². The van der Waals surface area contributed by atoms with Gasteiger partial charge in [-0.3, -0.25) is 4.79 Å². The number of thiazole rings is 1. The fourth-order valence-corrected chi connectivity index (χ4v) is 6.00. The standard InChI is InChI=1S/C23H29NO3S2/c1-5-6-7-17(22-15(3)18-9-8-14(2)12-19(18)27-22)10-11-28-23-24-16(4)20(29-23)13-21(25)26/h8-9,12,17H,5-7,10-11,13H2,1-4H3,(H,25,26). The molecule has 3 rings (SSSR count). The summed E-state index contributed by atoms with van der Waals surface area (Å²) in [6.45, 7) is 8.38. The number of hydrogen-bond donors (Lipinski definition) is 1. The number of aryl methyl sites for hydroxylation is 3. The average Bonchev–Trinajstić information content (AvgIpc) is 3.17. The molecule has 0 aliphatic rings. The van der Waals surface area contributed by atoms with Gasteiger partial charge in [0.05, 0.1) is 12.1 Å². The number of aliphatic carboxylic acids is 1. The Hall–Kier alpha value is -1.79. The van der Waals surface area contributed by atoms with Crippen LogP contribution in [0.25, 0.3) is 11.0 Å². The van der Waals surface area contributed by atoms with Gasteiger partial charge in [0.25, 0.3) is 0 Å². The van der Waals surface area contributed by atoms with Crippen molar-refractivity contribution in [2.45, 2.75) is 70.1 Å². The summed E-state index contributed by atoms with van der Waals surface area (Å²) in [5.74, 6) is 1.67. The van der Waals surface area contributed by atoms with Crippen molar-refractivity contribution in [3.8, 4) is 0 Å². The molecule has 1 atom stereocenters. The van der Waals surface area contributed by atoms with Crippen LogP contribution >= 0.6 is 23.1 Å². The van der Waals surface area contributed by atoms with Gasteiger partial charge in [-0.05, 0) is 50.8 Å². The maximum Gasteiger partial charge on any atom is 0.308 e. The molecule has 3 aromatic rings. The van der Waals surface area contributed by atoms with Crippen LogP contribution in [0.3, 0.4) is 0 Å². The number of benzene rings is 1. The first kappa shape index (κ1) is 21.9. The third-order valence-corrected chi connectivity index (χ3v) is 7.62. The van der Waals surface area contributed by atoms with E-state index in [4.69, 9.17) is 9.52 Å². The highest BCUT2D eigenvalue weighted by Gasteiger charge is 2.21. The summed E-state index contributed by atoms with van der Waals surface area (Å²) in [7, 11) is 0. The molecule has 29 heavy (non-hydrogen) atoms. The van der Waals surface area contributed by atoms with E-state index in [1.54, 1.807) is 11.8 Å². The SMILES string of the molecule is CCCCC(CCSc1nc(C)c(CC(=O)O)s1)c1oc2cc(C)ccc2c1C. The molecule has 1 aromatic carbocycles. The molecule has 156 valence electrons. The topological polar surface area (TPSA) is 63.3 Å². The molecule has 0 spiro atoms.